The molecular formula is C15H20Cl2N2O3. The number of hydrogen-bond donors (Lipinski definition) is 3. The maximum atomic E-state index is 12.3. The highest BCUT2D eigenvalue weighted by atomic mass is 35.5. The lowest BCUT2D eigenvalue weighted by Gasteiger charge is -2.22. The van der Waals surface area contributed by atoms with Crippen molar-refractivity contribution in [3.05, 3.63) is 33.8 Å². The number of nitrogens with one attached hydrogen (secondary N) is 2. The van der Waals surface area contributed by atoms with E-state index in [9.17, 15) is 14.7 Å². The van der Waals surface area contributed by atoms with Gasteiger partial charge in [-0.1, -0.05) is 37.0 Å². The number of carbonyl (C=O) groups is 2. The molecule has 0 aliphatic heterocycles. The lowest BCUT2D eigenvalue weighted by atomic mass is 10.0. The van der Waals surface area contributed by atoms with Crippen LogP contribution in [0.2, 0.25) is 10.0 Å². The fourth-order valence-electron chi connectivity index (χ4n) is 1.79. The normalized spacial score (nSPS) is 13.6. The summed E-state index contributed by atoms with van der Waals surface area (Å²) in [5.74, 6) is -0.925. The molecule has 0 radical (unpaired) electrons. The van der Waals surface area contributed by atoms with Gasteiger partial charge in [0.25, 0.3) is 5.91 Å². The van der Waals surface area contributed by atoms with Crippen LogP contribution in [0.25, 0.3) is 0 Å². The summed E-state index contributed by atoms with van der Waals surface area (Å²) in [6.07, 6.45) is -0.654. The first-order valence-corrected chi connectivity index (χ1v) is 7.69. The van der Waals surface area contributed by atoms with E-state index in [2.05, 4.69) is 10.6 Å². The SMILES string of the molecule is CC(C)[C@@H](NC(=O)c1ccc(Cl)cc1Cl)C(=O)NC[C@@H](C)O. The molecule has 0 aliphatic rings. The second-order valence-corrected chi connectivity index (χ2v) is 6.26. The summed E-state index contributed by atoms with van der Waals surface area (Å²) in [6, 6.07) is 3.80. The quantitative estimate of drug-likeness (QED) is 0.739. The smallest absolute Gasteiger partial charge is 0.253 e. The highest BCUT2D eigenvalue weighted by Crippen LogP contribution is 2.21. The molecule has 7 heteroatoms. The van der Waals surface area contributed by atoms with Crippen LogP contribution in [-0.4, -0.2) is 35.6 Å². The van der Waals surface area contributed by atoms with Crippen molar-refractivity contribution in [1.82, 2.24) is 10.6 Å². The molecule has 0 saturated heterocycles. The van der Waals surface area contributed by atoms with Gasteiger partial charge in [0, 0.05) is 11.6 Å². The summed E-state index contributed by atoms with van der Waals surface area (Å²) < 4.78 is 0. The first-order valence-electron chi connectivity index (χ1n) is 6.94. The van der Waals surface area contributed by atoms with Gasteiger partial charge in [0.05, 0.1) is 16.7 Å². The van der Waals surface area contributed by atoms with Crippen molar-refractivity contribution in [3.8, 4) is 0 Å². The Balaban J connectivity index is 2.82. The second-order valence-electron chi connectivity index (χ2n) is 5.41. The number of halogens is 2. The highest BCUT2D eigenvalue weighted by Gasteiger charge is 2.25. The van der Waals surface area contributed by atoms with Crippen LogP contribution >= 0.6 is 23.2 Å². The molecule has 5 nitrogen and oxygen atoms in total. The molecule has 3 N–H and O–H groups in total. The number of aliphatic hydroxyl groups is 1. The Morgan fingerprint density at radius 2 is 1.86 bits per heavy atom. The zero-order valence-electron chi connectivity index (χ0n) is 12.7. The van der Waals surface area contributed by atoms with Crippen molar-refractivity contribution in [1.29, 1.82) is 0 Å². The zero-order chi connectivity index (χ0) is 16.9. The Labute approximate surface area is 140 Å². The molecule has 2 atom stereocenters. The molecule has 1 rings (SSSR count). The van der Waals surface area contributed by atoms with Crippen LogP contribution in [0.1, 0.15) is 31.1 Å². The summed E-state index contributed by atoms with van der Waals surface area (Å²) in [6.45, 7) is 5.32. The lowest BCUT2D eigenvalue weighted by Crippen LogP contribution is -2.50. The summed E-state index contributed by atoms with van der Waals surface area (Å²) in [7, 11) is 0. The van der Waals surface area contributed by atoms with Crippen LogP contribution in [0.4, 0.5) is 0 Å². The first kappa shape index (κ1) is 18.7. The third-order valence-electron chi connectivity index (χ3n) is 2.98. The van der Waals surface area contributed by atoms with Gasteiger partial charge in [-0.2, -0.15) is 0 Å². The van der Waals surface area contributed by atoms with Crippen LogP contribution in [0.3, 0.4) is 0 Å². The standard InChI is InChI=1S/C15H20Cl2N2O3/c1-8(2)13(15(22)18-7-9(3)20)19-14(21)11-5-4-10(16)6-12(11)17/h4-6,8-9,13,20H,7H2,1-3H3,(H,18,22)(H,19,21)/t9-,13-/m1/s1. The molecule has 1 aromatic rings. The van der Waals surface area contributed by atoms with E-state index in [-0.39, 0.29) is 29.0 Å². The minimum atomic E-state index is -0.724. The Morgan fingerprint density at radius 3 is 2.36 bits per heavy atom. The molecule has 0 aromatic heterocycles. The molecule has 0 bridgehead atoms. The van der Waals surface area contributed by atoms with Crippen LogP contribution < -0.4 is 10.6 Å². The fraction of sp³-hybridized carbons (Fsp3) is 0.467. The summed E-state index contributed by atoms with van der Waals surface area (Å²) in [4.78, 5) is 24.4. The zero-order valence-corrected chi connectivity index (χ0v) is 14.2. The third-order valence-corrected chi connectivity index (χ3v) is 3.53. The van der Waals surface area contributed by atoms with Gasteiger partial charge in [0.2, 0.25) is 5.91 Å². The predicted octanol–water partition coefficient (Wildman–Crippen LogP) is 2.24. The number of hydrogen-bond acceptors (Lipinski definition) is 3. The molecule has 2 amide bonds. The van der Waals surface area contributed by atoms with Gasteiger partial charge < -0.3 is 15.7 Å². The average Bonchev–Trinajstić information content (AvgIpc) is 2.41. The van der Waals surface area contributed by atoms with E-state index in [1.165, 1.54) is 12.1 Å². The van der Waals surface area contributed by atoms with Crippen molar-refractivity contribution < 1.29 is 14.7 Å². The van der Waals surface area contributed by atoms with E-state index in [4.69, 9.17) is 23.2 Å². The van der Waals surface area contributed by atoms with Crippen molar-refractivity contribution >= 4 is 35.0 Å². The van der Waals surface area contributed by atoms with Gasteiger partial charge in [-0.3, -0.25) is 9.59 Å². The monoisotopic (exact) mass is 346 g/mol. The minimum absolute atomic E-state index is 0.121. The van der Waals surface area contributed by atoms with Crippen molar-refractivity contribution in [3.63, 3.8) is 0 Å². The van der Waals surface area contributed by atoms with Gasteiger partial charge in [-0.25, -0.2) is 0 Å². The van der Waals surface area contributed by atoms with E-state index < -0.39 is 18.1 Å². The molecular weight excluding hydrogens is 327 g/mol. The van der Waals surface area contributed by atoms with Gasteiger partial charge in [-0.15, -0.1) is 0 Å². The van der Waals surface area contributed by atoms with Crippen molar-refractivity contribution in [2.75, 3.05) is 6.54 Å². The van der Waals surface area contributed by atoms with Gasteiger partial charge in [0.15, 0.2) is 0 Å². The number of carbonyl (C=O) groups excluding carboxylic acids is 2. The topological polar surface area (TPSA) is 78.4 Å². The minimum Gasteiger partial charge on any atom is -0.392 e. The summed E-state index contributed by atoms with van der Waals surface area (Å²) in [5.41, 5.74) is 0.250. The Bertz CT molecular complexity index is 548. The van der Waals surface area contributed by atoms with Crippen molar-refractivity contribution in [2.24, 2.45) is 5.92 Å². The molecule has 0 heterocycles. The average molecular weight is 347 g/mol. The van der Waals surface area contributed by atoms with Crippen molar-refractivity contribution in [2.45, 2.75) is 32.9 Å². The molecule has 22 heavy (non-hydrogen) atoms. The maximum Gasteiger partial charge on any atom is 0.253 e. The Hall–Kier alpha value is -1.30. The largest absolute Gasteiger partial charge is 0.392 e. The Morgan fingerprint density at radius 1 is 1.23 bits per heavy atom. The number of amides is 2. The van der Waals surface area contributed by atoms with Crippen LogP contribution in [0.15, 0.2) is 18.2 Å². The number of aliphatic hydroxyl groups excluding tert-OH is 1. The molecule has 0 aliphatic carbocycles. The number of rotatable bonds is 6. The van der Waals surface area contributed by atoms with E-state index in [1.54, 1.807) is 13.0 Å². The van der Waals surface area contributed by atoms with E-state index in [1.807, 2.05) is 13.8 Å². The Kier molecular flexibility index (Phi) is 7.13. The van der Waals surface area contributed by atoms with Crippen LogP contribution in [0, 0.1) is 5.92 Å². The third kappa shape index (κ3) is 5.48. The molecule has 122 valence electrons. The van der Waals surface area contributed by atoms with Gasteiger partial charge >= 0.3 is 0 Å². The van der Waals surface area contributed by atoms with Gasteiger partial charge in [0.1, 0.15) is 6.04 Å². The first-order chi connectivity index (χ1) is 10.2. The fourth-order valence-corrected chi connectivity index (χ4v) is 2.28. The molecule has 0 saturated carbocycles. The summed E-state index contributed by atoms with van der Waals surface area (Å²) in [5, 5.41) is 15.1. The van der Waals surface area contributed by atoms with Crippen LogP contribution in [0.5, 0.6) is 0 Å². The van der Waals surface area contributed by atoms with Crippen LogP contribution in [-0.2, 0) is 4.79 Å². The van der Waals surface area contributed by atoms with Gasteiger partial charge in [-0.05, 0) is 31.0 Å². The maximum absolute atomic E-state index is 12.3. The highest BCUT2D eigenvalue weighted by molar-refractivity contribution is 6.36. The lowest BCUT2D eigenvalue weighted by molar-refractivity contribution is -0.124. The summed E-state index contributed by atoms with van der Waals surface area (Å²) >= 11 is 11.8. The molecule has 0 unspecified atom stereocenters. The predicted molar refractivity (Wildman–Crippen MR) is 87.2 cm³/mol. The molecule has 1 aromatic carbocycles. The van der Waals surface area contributed by atoms with E-state index in [0.717, 1.165) is 0 Å². The van der Waals surface area contributed by atoms with E-state index >= 15 is 0 Å². The molecule has 0 spiro atoms. The van der Waals surface area contributed by atoms with E-state index in [0.29, 0.717) is 5.02 Å². The molecule has 0 fully saturated rings. The number of benzene rings is 1. The second kappa shape index (κ2) is 8.36.